The van der Waals surface area contributed by atoms with Crippen molar-refractivity contribution in [3.63, 3.8) is 0 Å². The molecule has 0 fully saturated rings. The van der Waals surface area contributed by atoms with Crippen LogP contribution in [0.4, 0.5) is 5.69 Å². The van der Waals surface area contributed by atoms with Crippen molar-refractivity contribution in [2.75, 3.05) is 4.72 Å². The molecule has 21 heavy (non-hydrogen) atoms. The second-order valence-electron chi connectivity index (χ2n) is 4.18. The summed E-state index contributed by atoms with van der Waals surface area (Å²) < 4.78 is 29.4. The zero-order chi connectivity index (χ0) is 15.2. The van der Waals surface area contributed by atoms with Gasteiger partial charge in [-0.05, 0) is 12.1 Å². The summed E-state index contributed by atoms with van der Waals surface area (Å²) in [6, 6.07) is 3.39. The molecule has 0 amide bonds. The van der Waals surface area contributed by atoms with Crippen molar-refractivity contribution in [3.05, 3.63) is 34.1 Å². The van der Waals surface area contributed by atoms with E-state index >= 15 is 0 Å². The highest BCUT2D eigenvalue weighted by atomic mass is 35.5. The number of benzene rings is 1. The largest absolute Gasteiger partial charge is 0.324 e. The van der Waals surface area contributed by atoms with E-state index in [0.29, 0.717) is 5.52 Å². The zero-order valence-corrected chi connectivity index (χ0v) is 13.7. The van der Waals surface area contributed by atoms with Crippen molar-refractivity contribution < 1.29 is 8.42 Å². The number of halogens is 2. The number of rotatable bonds is 3. The number of sulfonamides is 1. The summed E-state index contributed by atoms with van der Waals surface area (Å²) in [4.78, 5) is 7.93. The number of fused-ring (bicyclic) bond motifs is 1. The standard InChI is InChI=1S/C11H8Cl2N4O2S2/c1-17-4-14-11(10(17)13)21(18,19)16-8-6(12)2-3-7-9(8)15-5-20-7/h2-5,16H,1H3. The molecule has 110 valence electrons. The summed E-state index contributed by atoms with van der Waals surface area (Å²) in [5.41, 5.74) is 2.33. The van der Waals surface area contributed by atoms with Crippen LogP contribution in [0.3, 0.4) is 0 Å². The molecule has 0 aliphatic carbocycles. The summed E-state index contributed by atoms with van der Waals surface area (Å²) in [5.74, 6) is 0. The Morgan fingerprint density at radius 2 is 2.05 bits per heavy atom. The first-order valence-electron chi connectivity index (χ1n) is 5.61. The lowest BCUT2D eigenvalue weighted by atomic mass is 10.3. The normalized spacial score (nSPS) is 12.0. The van der Waals surface area contributed by atoms with Crippen molar-refractivity contribution in [2.24, 2.45) is 7.05 Å². The van der Waals surface area contributed by atoms with Crippen molar-refractivity contribution in [1.82, 2.24) is 14.5 Å². The van der Waals surface area contributed by atoms with E-state index in [-0.39, 0.29) is 20.9 Å². The van der Waals surface area contributed by atoms with Crippen molar-refractivity contribution in [2.45, 2.75) is 5.03 Å². The molecule has 2 aromatic heterocycles. The summed E-state index contributed by atoms with van der Waals surface area (Å²) in [7, 11) is -2.35. The van der Waals surface area contributed by atoms with E-state index in [4.69, 9.17) is 23.2 Å². The Kier molecular flexibility index (Phi) is 3.56. The third-order valence-electron chi connectivity index (χ3n) is 2.78. The second-order valence-corrected chi connectivity index (χ2v) is 7.43. The first-order valence-corrected chi connectivity index (χ1v) is 8.73. The summed E-state index contributed by atoms with van der Waals surface area (Å²) in [6.45, 7) is 0. The molecule has 0 aliphatic rings. The molecular formula is C11H8Cl2N4O2S2. The van der Waals surface area contributed by atoms with E-state index in [9.17, 15) is 8.42 Å². The lowest BCUT2D eigenvalue weighted by Gasteiger charge is -2.09. The van der Waals surface area contributed by atoms with Crippen LogP contribution in [0.25, 0.3) is 10.2 Å². The predicted octanol–water partition coefficient (Wildman–Crippen LogP) is 3.14. The van der Waals surface area contributed by atoms with Gasteiger partial charge in [0.05, 0.1) is 27.2 Å². The molecular weight excluding hydrogens is 355 g/mol. The molecule has 3 aromatic rings. The van der Waals surface area contributed by atoms with Crippen LogP contribution in [0.5, 0.6) is 0 Å². The molecule has 10 heteroatoms. The number of thiazole rings is 1. The molecule has 1 N–H and O–H groups in total. The minimum atomic E-state index is -3.95. The van der Waals surface area contributed by atoms with E-state index in [1.165, 1.54) is 22.2 Å². The number of imidazole rings is 1. The first-order chi connectivity index (χ1) is 9.90. The summed E-state index contributed by atoms with van der Waals surface area (Å²) >= 11 is 13.4. The average Bonchev–Trinajstić information content (AvgIpc) is 3.01. The maximum absolute atomic E-state index is 12.4. The Bertz CT molecular complexity index is 933. The fourth-order valence-corrected chi connectivity index (χ4v) is 4.22. The molecule has 0 atom stereocenters. The monoisotopic (exact) mass is 362 g/mol. The Hall–Kier alpha value is -1.35. The van der Waals surface area contributed by atoms with Crippen LogP contribution >= 0.6 is 34.5 Å². The van der Waals surface area contributed by atoms with Crippen LogP contribution in [0, 0.1) is 0 Å². The van der Waals surface area contributed by atoms with E-state index in [2.05, 4.69) is 14.7 Å². The van der Waals surface area contributed by atoms with E-state index < -0.39 is 10.0 Å². The molecule has 1 aromatic carbocycles. The number of hydrogen-bond donors (Lipinski definition) is 1. The van der Waals surface area contributed by atoms with Gasteiger partial charge in [0.2, 0.25) is 5.03 Å². The molecule has 0 bridgehead atoms. The predicted molar refractivity (Wildman–Crippen MR) is 83.7 cm³/mol. The van der Waals surface area contributed by atoms with Gasteiger partial charge < -0.3 is 4.57 Å². The van der Waals surface area contributed by atoms with Crippen LogP contribution in [0.15, 0.2) is 29.0 Å². The molecule has 0 radical (unpaired) electrons. The molecule has 0 saturated carbocycles. The Labute approximate surface area is 134 Å². The number of aryl methyl sites for hydroxylation is 1. The molecule has 0 spiro atoms. The van der Waals surface area contributed by atoms with Crippen molar-refractivity contribution >= 4 is 60.5 Å². The molecule has 2 heterocycles. The Morgan fingerprint density at radius 1 is 1.29 bits per heavy atom. The zero-order valence-electron chi connectivity index (χ0n) is 10.5. The fraction of sp³-hybridized carbons (Fsp3) is 0.0909. The SMILES string of the molecule is Cn1cnc(S(=O)(=O)Nc2c(Cl)ccc3scnc23)c1Cl. The third kappa shape index (κ3) is 2.48. The Balaban J connectivity index is 2.11. The van der Waals surface area contributed by atoms with Gasteiger partial charge >= 0.3 is 0 Å². The van der Waals surface area contributed by atoms with Crippen LogP contribution in [0.2, 0.25) is 10.2 Å². The highest BCUT2D eigenvalue weighted by Crippen LogP contribution is 2.34. The lowest BCUT2D eigenvalue weighted by Crippen LogP contribution is -2.14. The highest BCUT2D eigenvalue weighted by Gasteiger charge is 2.24. The summed E-state index contributed by atoms with van der Waals surface area (Å²) in [5, 5.41) is 0.0167. The fourth-order valence-electron chi connectivity index (χ4n) is 1.76. The highest BCUT2D eigenvalue weighted by molar-refractivity contribution is 7.92. The van der Waals surface area contributed by atoms with Gasteiger partial charge in [0, 0.05) is 7.05 Å². The Morgan fingerprint density at radius 3 is 2.71 bits per heavy atom. The smallest absolute Gasteiger partial charge is 0.282 e. The number of aromatic nitrogens is 3. The van der Waals surface area contributed by atoms with Crippen molar-refractivity contribution in [3.8, 4) is 0 Å². The van der Waals surface area contributed by atoms with Gasteiger partial charge in [-0.25, -0.2) is 9.97 Å². The molecule has 6 nitrogen and oxygen atoms in total. The van der Waals surface area contributed by atoms with Gasteiger partial charge in [-0.15, -0.1) is 11.3 Å². The molecule has 0 aliphatic heterocycles. The van der Waals surface area contributed by atoms with Crippen molar-refractivity contribution in [1.29, 1.82) is 0 Å². The van der Waals surface area contributed by atoms with Crippen LogP contribution < -0.4 is 4.72 Å². The van der Waals surface area contributed by atoms with Gasteiger partial charge in [0.1, 0.15) is 10.7 Å². The first kappa shape index (κ1) is 14.6. The van der Waals surface area contributed by atoms with Gasteiger partial charge in [0.25, 0.3) is 10.0 Å². The van der Waals surface area contributed by atoms with E-state index in [1.807, 2.05) is 0 Å². The maximum Gasteiger partial charge on any atom is 0.282 e. The minimum absolute atomic E-state index is 0.0177. The van der Waals surface area contributed by atoms with Crippen LogP contribution in [-0.4, -0.2) is 23.0 Å². The van der Waals surface area contributed by atoms with Gasteiger partial charge in [-0.2, -0.15) is 8.42 Å². The minimum Gasteiger partial charge on any atom is -0.324 e. The van der Waals surface area contributed by atoms with Crippen LogP contribution in [-0.2, 0) is 17.1 Å². The summed E-state index contributed by atoms with van der Waals surface area (Å²) in [6.07, 6.45) is 1.32. The third-order valence-corrected chi connectivity index (χ3v) is 5.72. The maximum atomic E-state index is 12.4. The van der Waals surface area contributed by atoms with Gasteiger partial charge in [-0.3, -0.25) is 4.72 Å². The van der Waals surface area contributed by atoms with Crippen LogP contribution in [0.1, 0.15) is 0 Å². The lowest BCUT2D eigenvalue weighted by molar-refractivity contribution is 0.598. The number of anilines is 1. The van der Waals surface area contributed by atoms with E-state index in [1.54, 1.807) is 24.7 Å². The molecule has 3 rings (SSSR count). The second kappa shape index (κ2) is 5.13. The number of nitrogens with one attached hydrogen (secondary N) is 1. The van der Waals surface area contributed by atoms with Gasteiger partial charge in [-0.1, -0.05) is 23.2 Å². The van der Waals surface area contributed by atoms with Gasteiger partial charge in [0.15, 0.2) is 0 Å². The number of nitrogens with zero attached hydrogens (tertiary/aromatic N) is 3. The number of hydrogen-bond acceptors (Lipinski definition) is 5. The molecule has 0 saturated heterocycles. The van der Waals surface area contributed by atoms with E-state index in [0.717, 1.165) is 4.70 Å². The molecule has 0 unspecified atom stereocenters. The average molecular weight is 363 g/mol. The topological polar surface area (TPSA) is 76.9 Å². The quantitative estimate of drug-likeness (QED) is 0.776.